The largest absolute Gasteiger partial charge is 0.487 e. The van der Waals surface area contributed by atoms with Crippen LogP contribution in [0.4, 0.5) is 39.5 Å². The second-order valence-electron chi connectivity index (χ2n) is 7.12. The van der Waals surface area contributed by atoms with Crippen LogP contribution in [-0.4, -0.2) is 22.4 Å². The first-order chi connectivity index (χ1) is 15.5. The van der Waals surface area contributed by atoms with E-state index < -0.39 is 47.6 Å². The number of alkyl halides is 9. The van der Waals surface area contributed by atoms with Crippen LogP contribution in [0.25, 0.3) is 11.5 Å². The van der Waals surface area contributed by atoms with Crippen molar-refractivity contribution < 1.29 is 53.8 Å². The van der Waals surface area contributed by atoms with Gasteiger partial charge in [-0.25, -0.2) is 4.98 Å². The Kier molecular flexibility index (Phi) is 6.37. The molecular weight excluding hydrogens is 485 g/mol. The summed E-state index contributed by atoms with van der Waals surface area (Å²) >= 11 is 0. The van der Waals surface area contributed by atoms with Crippen LogP contribution in [0.5, 0.6) is 5.75 Å². The van der Waals surface area contributed by atoms with Crippen LogP contribution in [-0.2, 0) is 18.4 Å². The summed E-state index contributed by atoms with van der Waals surface area (Å²) in [5.41, 5.74) is -7.55. The molecule has 2 aromatic carbocycles. The van der Waals surface area contributed by atoms with Crippen LogP contribution in [0, 0.1) is 6.92 Å². The number of aliphatic hydroxyl groups is 1. The molecule has 34 heavy (non-hydrogen) atoms. The number of halogens is 9. The third-order valence-corrected chi connectivity index (χ3v) is 4.78. The fraction of sp³-hybridized carbons (Fsp3) is 0.286. The van der Waals surface area contributed by atoms with Crippen molar-refractivity contribution in [2.24, 2.45) is 0 Å². The number of nitrogens with zero attached hydrogens (tertiary/aromatic N) is 1. The van der Waals surface area contributed by atoms with E-state index in [4.69, 9.17) is 9.15 Å². The average Bonchev–Trinajstić information content (AvgIpc) is 3.10. The summed E-state index contributed by atoms with van der Waals surface area (Å²) in [6, 6.07) is 6.81. The Balaban J connectivity index is 1.85. The highest BCUT2D eigenvalue weighted by atomic mass is 19.4. The number of hydrogen-bond donors (Lipinski definition) is 1. The highest BCUT2D eigenvalue weighted by Gasteiger charge is 2.71. The van der Waals surface area contributed by atoms with Crippen LogP contribution in [0.1, 0.15) is 22.6 Å². The Bertz CT molecular complexity index is 1150. The van der Waals surface area contributed by atoms with E-state index in [1.807, 2.05) is 0 Å². The number of rotatable bonds is 5. The molecule has 1 N–H and O–H groups in total. The number of benzene rings is 2. The zero-order valence-electron chi connectivity index (χ0n) is 16.9. The average molecular weight is 499 g/mol. The van der Waals surface area contributed by atoms with Gasteiger partial charge in [0.2, 0.25) is 5.89 Å². The lowest BCUT2D eigenvalue weighted by atomic mass is 9.92. The lowest BCUT2D eigenvalue weighted by Crippen LogP contribution is -2.53. The zero-order valence-corrected chi connectivity index (χ0v) is 16.9. The van der Waals surface area contributed by atoms with E-state index in [0.29, 0.717) is 12.1 Å². The number of aryl methyl sites for hydroxylation is 1. The van der Waals surface area contributed by atoms with Gasteiger partial charge in [0.1, 0.15) is 23.8 Å². The van der Waals surface area contributed by atoms with Gasteiger partial charge >= 0.3 is 18.5 Å². The summed E-state index contributed by atoms with van der Waals surface area (Å²) in [6.07, 6.45) is -16.7. The molecular formula is C21H14F9NO3. The number of oxazole rings is 1. The van der Waals surface area contributed by atoms with Crippen LogP contribution < -0.4 is 4.74 Å². The van der Waals surface area contributed by atoms with Crippen molar-refractivity contribution in [3.8, 4) is 17.2 Å². The monoisotopic (exact) mass is 499 g/mol. The van der Waals surface area contributed by atoms with Gasteiger partial charge in [-0.3, -0.25) is 0 Å². The molecule has 0 aliphatic heterocycles. The van der Waals surface area contributed by atoms with Gasteiger partial charge in [0.15, 0.2) is 0 Å². The first-order valence-corrected chi connectivity index (χ1v) is 9.27. The molecule has 0 aliphatic rings. The standard InChI is InChI=1S/C21H14F9NO3/c1-11-16(31-17(34-11)12-4-2-6-14(8-12)19(22,23)24)10-33-15-7-3-5-13(9-15)18(32,20(25,26)27)21(28,29)30/h2-9,32H,10H2,1H3. The minimum Gasteiger partial charge on any atom is -0.487 e. The van der Waals surface area contributed by atoms with Gasteiger partial charge in [0, 0.05) is 11.1 Å². The molecule has 0 saturated carbocycles. The maximum atomic E-state index is 13.1. The first-order valence-electron chi connectivity index (χ1n) is 9.27. The lowest BCUT2D eigenvalue weighted by Gasteiger charge is -2.32. The topological polar surface area (TPSA) is 55.5 Å². The van der Waals surface area contributed by atoms with E-state index in [1.54, 1.807) is 0 Å². The summed E-state index contributed by atoms with van der Waals surface area (Å²) < 4.78 is 128. The number of hydrogen-bond acceptors (Lipinski definition) is 4. The van der Waals surface area contributed by atoms with Gasteiger partial charge in [-0.2, -0.15) is 39.5 Å². The quantitative estimate of drug-likeness (QED) is 0.404. The Morgan fingerprint density at radius 2 is 1.44 bits per heavy atom. The first kappa shape index (κ1) is 25.4. The SMILES string of the molecule is Cc1oc(-c2cccc(C(F)(F)F)c2)nc1COc1cccc(C(O)(C(F)(F)F)C(F)(F)F)c1. The normalized spacial score (nSPS) is 13.3. The lowest BCUT2D eigenvalue weighted by molar-refractivity contribution is -0.376. The van der Waals surface area contributed by atoms with Gasteiger partial charge in [0.25, 0.3) is 5.60 Å². The molecule has 184 valence electrons. The number of ether oxygens (including phenoxy) is 1. The summed E-state index contributed by atoms with van der Waals surface area (Å²) in [7, 11) is 0. The van der Waals surface area contributed by atoms with E-state index in [1.165, 1.54) is 13.0 Å². The molecule has 0 unspecified atom stereocenters. The van der Waals surface area contributed by atoms with Crippen molar-refractivity contribution in [1.82, 2.24) is 4.98 Å². The summed E-state index contributed by atoms with van der Waals surface area (Å²) in [5, 5.41) is 9.51. The predicted octanol–water partition coefficient (Wildman–Crippen LogP) is 6.56. The molecule has 0 amide bonds. The van der Waals surface area contributed by atoms with Crippen LogP contribution in [0.15, 0.2) is 52.9 Å². The molecule has 13 heteroatoms. The maximum Gasteiger partial charge on any atom is 0.430 e. The summed E-state index contributed by atoms with van der Waals surface area (Å²) in [6.45, 7) is 0.902. The van der Waals surface area contributed by atoms with Crippen LogP contribution in [0.2, 0.25) is 0 Å². The van der Waals surface area contributed by atoms with E-state index in [2.05, 4.69) is 4.98 Å². The van der Waals surface area contributed by atoms with Crippen LogP contribution in [0.3, 0.4) is 0 Å². The molecule has 0 bridgehead atoms. The van der Waals surface area contributed by atoms with Crippen molar-refractivity contribution in [2.75, 3.05) is 0 Å². The van der Waals surface area contributed by atoms with Gasteiger partial charge in [0.05, 0.1) is 5.56 Å². The predicted molar refractivity (Wildman–Crippen MR) is 98.5 cm³/mol. The highest BCUT2D eigenvalue weighted by molar-refractivity contribution is 5.55. The Morgan fingerprint density at radius 3 is 2.03 bits per heavy atom. The van der Waals surface area contributed by atoms with E-state index >= 15 is 0 Å². The smallest absolute Gasteiger partial charge is 0.430 e. The van der Waals surface area contributed by atoms with Gasteiger partial charge in [-0.1, -0.05) is 18.2 Å². The summed E-state index contributed by atoms with van der Waals surface area (Å²) in [4.78, 5) is 4.00. The van der Waals surface area contributed by atoms with Gasteiger partial charge in [-0.15, -0.1) is 0 Å². The number of aromatic nitrogens is 1. The zero-order chi connectivity index (χ0) is 25.5. The highest BCUT2D eigenvalue weighted by Crippen LogP contribution is 2.50. The third kappa shape index (κ3) is 4.83. The third-order valence-electron chi connectivity index (χ3n) is 4.78. The van der Waals surface area contributed by atoms with Gasteiger partial charge < -0.3 is 14.3 Å². The molecule has 0 aliphatic carbocycles. The molecule has 3 aromatic rings. The second kappa shape index (κ2) is 8.53. The van der Waals surface area contributed by atoms with Gasteiger partial charge in [-0.05, 0) is 37.3 Å². The van der Waals surface area contributed by atoms with Crippen molar-refractivity contribution in [3.05, 3.63) is 71.1 Å². The van der Waals surface area contributed by atoms with E-state index in [-0.39, 0.29) is 22.9 Å². The molecule has 3 rings (SSSR count). The molecule has 0 atom stereocenters. The molecule has 0 fully saturated rings. The Morgan fingerprint density at radius 1 is 0.853 bits per heavy atom. The van der Waals surface area contributed by atoms with Crippen LogP contribution >= 0.6 is 0 Å². The van der Waals surface area contributed by atoms with Crippen molar-refractivity contribution in [2.45, 2.75) is 37.7 Å². The maximum absolute atomic E-state index is 13.1. The Labute approximate surface area is 185 Å². The van der Waals surface area contributed by atoms with E-state index in [0.717, 1.165) is 30.3 Å². The van der Waals surface area contributed by atoms with Crippen molar-refractivity contribution >= 4 is 0 Å². The van der Waals surface area contributed by atoms with Crippen molar-refractivity contribution in [1.29, 1.82) is 0 Å². The Hall–Kier alpha value is -3.22. The summed E-state index contributed by atoms with van der Waals surface area (Å²) in [5.74, 6) is -0.544. The molecule has 0 radical (unpaired) electrons. The fourth-order valence-electron chi connectivity index (χ4n) is 2.96. The molecule has 1 heterocycles. The fourth-order valence-corrected chi connectivity index (χ4v) is 2.96. The second-order valence-corrected chi connectivity index (χ2v) is 7.12. The molecule has 1 aromatic heterocycles. The molecule has 4 nitrogen and oxygen atoms in total. The van der Waals surface area contributed by atoms with Crippen molar-refractivity contribution in [3.63, 3.8) is 0 Å². The minimum absolute atomic E-state index is 0.00779. The molecule has 0 spiro atoms. The molecule has 0 saturated heterocycles. The van der Waals surface area contributed by atoms with E-state index in [9.17, 15) is 44.6 Å². The minimum atomic E-state index is -6.06.